The van der Waals surface area contributed by atoms with Gasteiger partial charge < -0.3 is 10.0 Å². The molecule has 0 aliphatic carbocycles. The fourth-order valence-corrected chi connectivity index (χ4v) is 3.54. The predicted molar refractivity (Wildman–Crippen MR) is 81.2 cm³/mol. The van der Waals surface area contributed by atoms with E-state index in [1.54, 1.807) is 24.9 Å². The summed E-state index contributed by atoms with van der Waals surface area (Å²) in [5.74, 6) is 0.00243. The minimum Gasteiger partial charge on any atom is -0.388 e. The number of amides is 1. The number of likely N-dealkylation sites (tertiary alicyclic amines) is 1. The molecule has 0 radical (unpaired) electrons. The van der Waals surface area contributed by atoms with Gasteiger partial charge in [0.1, 0.15) is 4.88 Å². The van der Waals surface area contributed by atoms with Gasteiger partial charge in [0.25, 0.3) is 5.91 Å². The maximum Gasteiger partial charge on any atom is 0.265 e. The largest absolute Gasteiger partial charge is 0.388 e. The molecule has 1 saturated heterocycles. The molecule has 2 heterocycles. The number of aromatic nitrogens is 1. The van der Waals surface area contributed by atoms with Crippen LogP contribution < -0.4 is 0 Å². The monoisotopic (exact) mass is 296 g/mol. The first-order chi connectivity index (χ1) is 9.10. The minimum atomic E-state index is -0.857. The van der Waals surface area contributed by atoms with E-state index < -0.39 is 5.60 Å². The van der Waals surface area contributed by atoms with Crippen molar-refractivity contribution in [3.8, 4) is 0 Å². The highest BCUT2D eigenvalue weighted by molar-refractivity contribution is 7.13. The van der Waals surface area contributed by atoms with Crippen LogP contribution in [0.15, 0.2) is 6.20 Å². The van der Waals surface area contributed by atoms with Crippen LogP contribution >= 0.6 is 11.3 Å². The molecule has 1 fully saturated rings. The maximum atomic E-state index is 12.6. The highest BCUT2D eigenvalue weighted by Gasteiger charge is 2.39. The van der Waals surface area contributed by atoms with E-state index in [1.165, 1.54) is 11.3 Å². The minimum absolute atomic E-state index is 0.00243. The Hall–Kier alpha value is -0.940. The van der Waals surface area contributed by atoms with E-state index in [4.69, 9.17) is 0 Å². The van der Waals surface area contributed by atoms with E-state index in [0.29, 0.717) is 4.88 Å². The molecule has 0 saturated carbocycles. The Morgan fingerprint density at radius 2 is 2.05 bits per heavy atom. The van der Waals surface area contributed by atoms with Gasteiger partial charge in [-0.05, 0) is 26.7 Å². The van der Waals surface area contributed by atoms with Crippen molar-refractivity contribution in [1.82, 2.24) is 9.88 Å². The van der Waals surface area contributed by atoms with E-state index in [1.807, 2.05) is 0 Å². The number of hydrogen-bond donors (Lipinski definition) is 1. The number of carbonyl (C=O) groups excluding carboxylic acids is 1. The van der Waals surface area contributed by atoms with Crippen molar-refractivity contribution in [2.75, 3.05) is 6.54 Å². The number of rotatable bonds is 2. The molecule has 1 aromatic rings. The summed E-state index contributed by atoms with van der Waals surface area (Å²) in [6.45, 7) is 10.5. The Kier molecular flexibility index (Phi) is 3.95. The van der Waals surface area contributed by atoms with Crippen LogP contribution in [0.25, 0.3) is 0 Å². The van der Waals surface area contributed by atoms with Gasteiger partial charge in [0.2, 0.25) is 0 Å². The molecule has 20 heavy (non-hydrogen) atoms. The Labute approximate surface area is 124 Å². The number of nitrogens with zero attached hydrogens (tertiary/aromatic N) is 2. The molecule has 4 nitrogen and oxygen atoms in total. The lowest BCUT2D eigenvalue weighted by Crippen LogP contribution is -2.48. The summed E-state index contributed by atoms with van der Waals surface area (Å²) < 4.78 is 0. The third-order valence-corrected chi connectivity index (χ3v) is 5.10. The summed E-state index contributed by atoms with van der Waals surface area (Å²) in [6, 6.07) is -0.102. The third kappa shape index (κ3) is 3.04. The Bertz CT molecular complexity index is 497. The van der Waals surface area contributed by atoms with Crippen LogP contribution in [0.2, 0.25) is 0 Å². The summed E-state index contributed by atoms with van der Waals surface area (Å²) in [4.78, 5) is 19.5. The summed E-state index contributed by atoms with van der Waals surface area (Å²) in [5.41, 5.74) is -0.895. The number of hydrogen-bond acceptors (Lipinski definition) is 4. The maximum absolute atomic E-state index is 12.6. The molecule has 1 aliphatic heterocycles. The Morgan fingerprint density at radius 3 is 2.55 bits per heavy atom. The molecule has 2 rings (SSSR count). The van der Waals surface area contributed by atoms with Gasteiger partial charge in [-0.1, -0.05) is 20.8 Å². The lowest BCUT2D eigenvalue weighted by Gasteiger charge is -2.33. The molecule has 0 spiro atoms. The van der Waals surface area contributed by atoms with E-state index in [9.17, 15) is 9.90 Å². The van der Waals surface area contributed by atoms with Crippen molar-refractivity contribution < 1.29 is 9.90 Å². The molecule has 1 aromatic heterocycles. The lowest BCUT2D eigenvalue weighted by molar-refractivity contribution is 0.000510. The summed E-state index contributed by atoms with van der Waals surface area (Å²) in [7, 11) is 0. The van der Waals surface area contributed by atoms with Crippen LogP contribution in [0.1, 0.15) is 62.1 Å². The van der Waals surface area contributed by atoms with Crippen LogP contribution in [0.3, 0.4) is 0 Å². The molecule has 1 unspecified atom stereocenters. The lowest BCUT2D eigenvalue weighted by atomic mass is 9.96. The van der Waals surface area contributed by atoms with Crippen molar-refractivity contribution >= 4 is 17.2 Å². The Balaban J connectivity index is 2.21. The number of aliphatic hydroxyl groups is 1. The van der Waals surface area contributed by atoms with Gasteiger partial charge in [0.15, 0.2) is 0 Å². The average molecular weight is 296 g/mol. The molecule has 1 N–H and O–H groups in total. The van der Waals surface area contributed by atoms with Crippen molar-refractivity contribution in [2.45, 2.75) is 64.5 Å². The predicted octanol–water partition coefficient (Wildman–Crippen LogP) is 2.82. The van der Waals surface area contributed by atoms with Gasteiger partial charge in [0.05, 0.1) is 22.8 Å². The fraction of sp³-hybridized carbons (Fsp3) is 0.733. The third-order valence-electron chi connectivity index (χ3n) is 3.69. The highest BCUT2D eigenvalue weighted by Crippen LogP contribution is 2.31. The van der Waals surface area contributed by atoms with Gasteiger partial charge in [-0.15, -0.1) is 11.3 Å². The summed E-state index contributed by atoms with van der Waals surface area (Å²) in [5, 5.41) is 11.2. The van der Waals surface area contributed by atoms with E-state index in [2.05, 4.69) is 25.8 Å². The normalized spacial score (nSPS) is 20.5. The average Bonchev–Trinajstić information content (AvgIpc) is 2.95. The van der Waals surface area contributed by atoms with Crippen molar-refractivity contribution in [1.29, 1.82) is 0 Å². The molecule has 0 aromatic carbocycles. The SMILES string of the molecule is CC(C)(C)c1ncc(C(=O)N2CCCC2C(C)(C)O)s1. The molecule has 112 valence electrons. The molecular weight excluding hydrogens is 272 g/mol. The van der Waals surface area contributed by atoms with E-state index in [-0.39, 0.29) is 17.4 Å². The second-order valence-corrected chi connectivity index (χ2v) is 8.12. The molecular formula is C15H24N2O2S. The zero-order chi connectivity index (χ0) is 15.1. The Morgan fingerprint density at radius 1 is 1.40 bits per heavy atom. The second-order valence-electron chi connectivity index (χ2n) is 7.09. The molecule has 1 amide bonds. The van der Waals surface area contributed by atoms with Gasteiger partial charge in [0, 0.05) is 12.0 Å². The van der Waals surface area contributed by atoms with Crippen molar-refractivity contribution in [3.63, 3.8) is 0 Å². The molecule has 1 atom stereocenters. The molecule has 0 bridgehead atoms. The van der Waals surface area contributed by atoms with Crippen LogP contribution in [0, 0.1) is 0 Å². The standard InChI is InChI=1S/C15H24N2O2S/c1-14(2,3)13-16-9-10(20-13)12(18)17-8-6-7-11(17)15(4,5)19/h9,11,19H,6-8H2,1-5H3. The van der Waals surface area contributed by atoms with E-state index in [0.717, 1.165) is 24.4 Å². The van der Waals surface area contributed by atoms with Crippen LogP contribution in [0.4, 0.5) is 0 Å². The van der Waals surface area contributed by atoms with Gasteiger partial charge >= 0.3 is 0 Å². The quantitative estimate of drug-likeness (QED) is 0.913. The zero-order valence-electron chi connectivity index (χ0n) is 12.9. The first-order valence-electron chi connectivity index (χ1n) is 7.10. The molecule has 5 heteroatoms. The highest BCUT2D eigenvalue weighted by atomic mass is 32.1. The topological polar surface area (TPSA) is 53.4 Å². The van der Waals surface area contributed by atoms with Crippen molar-refractivity contribution in [2.24, 2.45) is 0 Å². The van der Waals surface area contributed by atoms with E-state index >= 15 is 0 Å². The zero-order valence-corrected chi connectivity index (χ0v) is 13.8. The van der Waals surface area contributed by atoms with Crippen LogP contribution in [0.5, 0.6) is 0 Å². The molecule has 1 aliphatic rings. The van der Waals surface area contributed by atoms with Crippen molar-refractivity contribution in [3.05, 3.63) is 16.1 Å². The second kappa shape index (κ2) is 5.11. The van der Waals surface area contributed by atoms with Crippen LogP contribution in [-0.4, -0.2) is 39.1 Å². The first-order valence-corrected chi connectivity index (χ1v) is 7.92. The van der Waals surface area contributed by atoms with Gasteiger partial charge in [-0.3, -0.25) is 4.79 Å². The van der Waals surface area contributed by atoms with Gasteiger partial charge in [-0.25, -0.2) is 4.98 Å². The number of carbonyl (C=O) groups is 1. The fourth-order valence-electron chi connectivity index (χ4n) is 2.61. The first kappa shape index (κ1) is 15.4. The number of thiazole rings is 1. The summed E-state index contributed by atoms with van der Waals surface area (Å²) >= 11 is 1.46. The smallest absolute Gasteiger partial charge is 0.265 e. The van der Waals surface area contributed by atoms with Gasteiger partial charge in [-0.2, -0.15) is 0 Å². The summed E-state index contributed by atoms with van der Waals surface area (Å²) in [6.07, 6.45) is 3.48. The van der Waals surface area contributed by atoms with Crippen LogP contribution in [-0.2, 0) is 5.41 Å².